The second kappa shape index (κ2) is 4.49. The fourth-order valence-electron chi connectivity index (χ4n) is 2.62. The third kappa shape index (κ3) is 2.05. The molecule has 2 aromatic rings. The third-order valence-electron chi connectivity index (χ3n) is 3.85. The van der Waals surface area contributed by atoms with E-state index < -0.39 is 5.60 Å². The Morgan fingerprint density at radius 1 is 1.33 bits per heavy atom. The van der Waals surface area contributed by atoms with Crippen LogP contribution in [0.5, 0.6) is 0 Å². The van der Waals surface area contributed by atoms with Gasteiger partial charge in [-0.25, -0.2) is 0 Å². The van der Waals surface area contributed by atoms with E-state index in [9.17, 15) is 5.11 Å². The maximum Gasteiger partial charge on any atom is 0.0934 e. The van der Waals surface area contributed by atoms with Crippen LogP contribution in [0, 0.1) is 0 Å². The molecule has 0 atom stereocenters. The molecule has 1 aliphatic rings. The highest BCUT2D eigenvalue weighted by Crippen LogP contribution is 2.40. The van der Waals surface area contributed by atoms with E-state index in [1.807, 2.05) is 18.2 Å². The molecule has 1 aromatic heterocycles. The predicted octanol–water partition coefficient (Wildman–Crippen LogP) is 3.47. The highest BCUT2D eigenvalue weighted by Gasteiger charge is 2.34. The van der Waals surface area contributed by atoms with E-state index in [1.165, 1.54) is 0 Å². The lowest BCUT2D eigenvalue weighted by Crippen LogP contribution is -2.40. The minimum Gasteiger partial charge on any atom is -0.385 e. The van der Waals surface area contributed by atoms with E-state index in [0.717, 1.165) is 46.6 Å². The van der Waals surface area contributed by atoms with Crippen LogP contribution in [0.25, 0.3) is 10.1 Å². The van der Waals surface area contributed by atoms with Crippen LogP contribution < -0.4 is 0 Å². The van der Waals surface area contributed by atoms with Crippen molar-refractivity contribution in [3.8, 4) is 0 Å². The quantitative estimate of drug-likeness (QED) is 0.865. The van der Waals surface area contributed by atoms with Crippen molar-refractivity contribution < 1.29 is 5.11 Å². The standard InChI is InChI=1S/C14H16ClNOS/c1-16-6-4-14(17,5-7-16)12-9-18-13-8-10(15)2-3-11(12)13/h2-3,8-9,17H,4-7H2,1H3. The summed E-state index contributed by atoms with van der Waals surface area (Å²) in [5, 5.41) is 14.9. The second-order valence-corrected chi connectivity index (χ2v) is 6.47. The largest absolute Gasteiger partial charge is 0.385 e. The zero-order valence-electron chi connectivity index (χ0n) is 10.3. The Morgan fingerprint density at radius 2 is 2.06 bits per heavy atom. The van der Waals surface area contributed by atoms with Gasteiger partial charge in [-0.3, -0.25) is 0 Å². The van der Waals surface area contributed by atoms with E-state index in [-0.39, 0.29) is 0 Å². The van der Waals surface area contributed by atoms with Gasteiger partial charge in [-0.2, -0.15) is 0 Å². The first-order valence-electron chi connectivity index (χ1n) is 6.17. The summed E-state index contributed by atoms with van der Waals surface area (Å²) in [6.45, 7) is 1.89. The zero-order chi connectivity index (χ0) is 12.8. The summed E-state index contributed by atoms with van der Waals surface area (Å²) in [6, 6.07) is 5.90. The fraction of sp³-hybridized carbons (Fsp3) is 0.429. The molecule has 1 aromatic carbocycles. The summed E-state index contributed by atoms with van der Waals surface area (Å²) in [6.07, 6.45) is 1.61. The minimum absolute atomic E-state index is 0.668. The zero-order valence-corrected chi connectivity index (χ0v) is 11.9. The maximum atomic E-state index is 10.9. The van der Waals surface area contributed by atoms with Gasteiger partial charge < -0.3 is 10.0 Å². The first-order valence-corrected chi connectivity index (χ1v) is 7.42. The summed E-state index contributed by atoms with van der Waals surface area (Å²) in [7, 11) is 2.10. The van der Waals surface area contributed by atoms with Crippen LogP contribution in [0.2, 0.25) is 5.02 Å². The van der Waals surface area contributed by atoms with Crippen molar-refractivity contribution in [2.24, 2.45) is 0 Å². The van der Waals surface area contributed by atoms with Crippen molar-refractivity contribution in [3.63, 3.8) is 0 Å². The molecular weight excluding hydrogens is 266 g/mol. The molecule has 1 aliphatic heterocycles. The Bertz CT molecular complexity index is 572. The molecule has 0 radical (unpaired) electrons. The molecule has 2 heterocycles. The van der Waals surface area contributed by atoms with Crippen molar-refractivity contribution in [3.05, 3.63) is 34.2 Å². The lowest BCUT2D eigenvalue weighted by molar-refractivity contribution is -0.0187. The van der Waals surface area contributed by atoms with Crippen molar-refractivity contribution in [2.45, 2.75) is 18.4 Å². The number of piperidine rings is 1. The molecule has 0 bridgehead atoms. The average molecular weight is 282 g/mol. The Morgan fingerprint density at radius 3 is 2.78 bits per heavy atom. The van der Waals surface area contributed by atoms with Crippen LogP contribution in [-0.4, -0.2) is 30.1 Å². The average Bonchev–Trinajstić information content (AvgIpc) is 2.76. The van der Waals surface area contributed by atoms with Crippen molar-refractivity contribution in [2.75, 3.05) is 20.1 Å². The molecule has 96 valence electrons. The molecule has 0 aliphatic carbocycles. The topological polar surface area (TPSA) is 23.5 Å². The fourth-order valence-corrected chi connectivity index (χ4v) is 3.95. The first-order chi connectivity index (χ1) is 8.58. The predicted molar refractivity (Wildman–Crippen MR) is 77.5 cm³/mol. The van der Waals surface area contributed by atoms with Gasteiger partial charge in [0.25, 0.3) is 0 Å². The number of nitrogens with zero attached hydrogens (tertiary/aromatic N) is 1. The van der Waals surface area contributed by atoms with Crippen molar-refractivity contribution >= 4 is 33.0 Å². The number of hydrogen-bond donors (Lipinski definition) is 1. The molecule has 0 saturated carbocycles. The number of benzene rings is 1. The van der Waals surface area contributed by atoms with E-state index in [0.29, 0.717) is 0 Å². The van der Waals surface area contributed by atoms with E-state index in [4.69, 9.17) is 11.6 Å². The number of rotatable bonds is 1. The molecular formula is C14H16ClNOS. The smallest absolute Gasteiger partial charge is 0.0934 e. The normalized spacial score (nSPS) is 20.4. The number of hydrogen-bond acceptors (Lipinski definition) is 3. The van der Waals surface area contributed by atoms with Gasteiger partial charge in [0.1, 0.15) is 0 Å². The van der Waals surface area contributed by atoms with E-state index >= 15 is 0 Å². The summed E-state index contributed by atoms with van der Waals surface area (Å²) in [5.41, 5.74) is 0.408. The number of fused-ring (bicyclic) bond motifs is 1. The Kier molecular flexibility index (Phi) is 3.10. The van der Waals surface area contributed by atoms with Gasteiger partial charge >= 0.3 is 0 Å². The molecule has 3 rings (SSSR count). The minimum atomic E-state index is -0.668. The highest BCUT2D eigenvalue weighted by molar-refractivity contribution is 7.17. The summed E-state index contributed by atoms with van der Waals surface area (Å²) in [4.78, 5) is 2.26. The Balaban J connectivity index is 2.04. The molecule has 0 amide bonds. The van der Waals surface area contributed by atoms with Gasteiger partial charge in [0.05, 0.1) is 5.60 Å². The SMILES string of the molecule is CN1CCC(O)(c2csc3cc(Cl)ccc23)CC1. The van der Waals surface area contributed by atoms with Gasteiger partial charge in [0.2, 0.25) is 0 Å². The highest BCUT2D eigenvalue weighted by atomic mass is 35.5. The lowest BCUT2D eigenvalue weighted by atomic mass is 9.84. The first kappa shape index (κ1) is 12.4. The molecule has 0 spiro atoms. The van der Waals surface area contributed by atoms with Crippen LogP contribution in [0.4, 0.5) is 0 Å². The van der Waals surface area contributed by atoms with Crippen LogP contribution in [0.15, 0.2) is 23.6 Å². The summed E-state index contributed by atoms with van der Waals surface area (Å²) < 4.78 is 1.16. The van der Waals surface area contributed by atoms with Crippen LogP contribution in [0.1, 0.15) is 18.4 Å². The Labute approximate surface area is 116 Å². The molecule has 1 fully saturated rings. The van der Waals surface area contributed by atoms with Crippen LogP contribution >= 0.6 is 22.9 Å². The number of halogens is 1. The van der Waals surface area contributed by atoms with Gasteiger partial charge in [0, 0.05) is 28.4 Å². The van der Waals surface area contributed by atoms with Crippen molar-refractivity contribution in [1.82, 2.24) is 4.90 Å². The van der Waals surface area contributed by atoms with Crippen molar-refractivity contribution in [1.29, 1.82) is 0 Å². The molecule has 0 unspecified atom stereocenters. The summed E-state index contributed by atoms with van der Waals surface area (Å²) in [5.74, 6) is 0. The third-order valence-corrected chi connectivity index (χ3v) is 5.03. The maximum absolute atomic E-state index is 10.9. The van der Waals surface area contributed by atoms with Gasteiger partial charge in [-0.1, -0.05) is 17.7 Å². The molecule has 1 N–H and O–H groups in total. The molecule has 18 heavy (non-hydrogen) atoms. The lowest BCUT2D eigenvalue weighted by Gasteiger charge is -2.36. The van der Waals surface area contributed by atoms with Gasteiger partial charge in [0.15, 0.2) is 0 Å². The van der Waals surface area contributed by atoms with E-state index in [1.54, 1.807) is 11.3 Å². The Hall–Kier alpha value is -0.610. The molecule has 4 heteroatoms. The van der Waals surface area contributed by atoms with Gasteiger partial charge in [-0.05, 0) is 42.8 Å². The number of aliphatic hydroxyl groups is 1. The molecule has 1 saturated heterocycles. The second-order valence-electron chi connectivity index (χ2n) is 5.12. The molecule has 2 nitrogen and oxygen atoms in total. The monoisotopic (exact) mass is 281 g/mol. The van der Waals surface area contributed by atoms with Gasteiger partial charge in [-0.15, -0.1) is 11.3 Å². The number of likely N-dealkylation sites (tertiary alicyclic amines) is 1. The summed E-state index contributed by atoms with van der Waals surface area (Å²) >= 11 is 7.67. The van der Waals surface area contributed by atoms with Crippen LogP contribution in [-0.2, 0) is 5.60 Å². The van der Waals surface area contributed by atoms with Crippen LogP contribution in [0.3, 0.4) is 0 Å². The number of thiophene rings is 1. The van der Waals surface area contributed by atoms with E-state index in [2.05, 4.69) is 17.3 Å².